The molecule has 0 aliphatic carbocycles. The molecule has 2 amide bonds. The minimum absolute atomic E-state index is 0.0137. The Labute approximate surface area is 165 Å². The van der Waals surface area contributed by atoms with E-state index >= 15 is 0 Å². The molecule has 154 valence electrons. The van der Waals surface area contributed by atoms with Crippen molar-refractivity contribution in [1.82, 2.24) is 15.3 Å². The number of alkyl halides is 3. The number of morpholine rings is 1. The lowest BCUT2D eigenvalue weighted by Crippen LogP contribution is -2.43. The molecule has 2 atom stereocenters. The first-order valence-corrected chi connectivity index (χ1v) is 9.27. The Morgan fingerprint density at radius 3 is 2.38 bits per heavy atom. The standard InChI is InChI=1S/C19H20F3N5O2/c1-23-18(28)24-12-4-2-11(3-5-12)17-25-15(19(20,21)22)8-16(26-17)27-9-13-6-7-14(10-27)29-13/h2-5,8,13-14H,6-7,9-10H2,1H3,(H2,23,24,28). The van der Waals surface area contributed by atoms with Gasteiger partial charge in [-0.15, -0.1) is 0 Å². The van der Waals surface area contributed by atoms with Crippen molar-refractivity contribution >= 4 is 17.5 Å². The number of nitrogens with one attached hydrogen (secondary N) is 2. The first-order chi connectivity index (χ1) is 13.8. The van der Waals surface area contributed by atoms with Gasteiger partial charge in [-0.2, -0.15) is 13.2 Å². The fourth-order valence-corrected chi connectivity index (χ4v) is 3.57. The van der Waals surface area contributed by atoms with Crippen LogP contribution in [0.2, 0.25) is 0 Å². The topological polar surface area (TPSA) is 79.4 Å². The number of hydrogen-bond donors (Lipinski definition) is 2. The molecule has 0 saturated carbocycles. The molecular formula is C19H20F3N5O2. The molecule has 10 heteroatoms. The largest absolute Gasteiger partial charge is 0.433 e. The van der Waals surface area contributed by atoms with Gasteiger partial charge in [-0.3, -0.25) is 0 Å². The highest BCUT2D eigenvalue weighted by Crippen LogP contribution is 2.34. The Morgan fingerprint density at radius 2 is 1.79 bits per heavy atom. The Balaban J connectivity index is 1.66. The Hall–Kier alpha value is -2.88. The molecule has 0 spiro atoms. The fraction of sp³-hybridized carbons (Fsp3) is 0.421. The number of hydrogen-bond acceptors (Lipinski definition) is 5. The molecule has 1 aromatic carbocycles. The molecular weight excluding hydrogens is 387 g/mol. The summed E-state index contributed by atoms with van der Waals surface area (Å²) in [6, 6.07) is 6.93. The molecule has 2 unspecified atom stereocenters. The predicted molar refractivity (Wildman–Crippen MR) is 101 cm³/mol. The van der Waals surface area contributed by atoms with Gasteiger partial charge in [-0.05, 0) is 37.1 Å². The van der Waals surface area contributed by atoms with E-state index < -0.39 is 17.9 Å². The lowest BCUT2D eigenvalue weighted by molar-refractivity contribution is -0.141. The zero-order valence-electron chi connectivity index (χ0n) is 15.7. The van der Waals surface area contributed by atoms with Crippen molar-refractivity contribution in [1.29, 1.82) is 0 Å². The number of carbonyl (C=O) groups is 1. The average Bonchev–Trinajstić information content (AvgIpc) is 3.05. The Bertz CT molecular complexity index is 892. The van der Waals surface area contributed by atoms with Crippen LogP contribution >= 0.6 is 0 Å². The second-order valence-electron chi connectivity index (χ2n) is 7.08. The van der Waals surface area contributed by atoms with Gasteiger partial charge in [0.15, 0.2) is 11.5 Å². The number of benzene rings is 1. The summed E-state index contributed by atoms with van der Waals surface area (Å²) in [7, 11) is 1.49. The number of rotatable bonds is 3. The van der Waals surface area contributed by atoms with Gasteiger partial charge >= 0.3 is 12.2 Å². The monoisotopic (exact) mass is 407 g/mol. The number of carbonyl (C=O) groups excluding carboxylic acids is 1. The maximum atomic E-state index is 13.5. The summed E-state index contributed by atoms with van der Waals surface area (Å²) in [5.74, 6) is 0.232. The molecule has 7 nitrogen and oxygen atoms in total. The van der Waals surface area contributed by atoms with Crippen LogP contribution in [0.4, 0.5) is 29.5 Å². The number of fused-ring (bicyclic) bond motifs is 2. The molecule has 2 N–H and O–H groups in total. The van der Waals surface area contributed by atoms with Crippen LogP contribution in [0.1, 0.15) is 18.5 Å². The molecule has 2 fully saturated rings. The molecule has 3 heterocycles. The van der Waals surface area contributed by atoms with Crippen molar-refractivity contribution in [2.45, 2.75) is 31.2 Å². The average molecular weight is 407 g/mol. The van der Waals surface area contributed by atoms with Crippen molar-refractivity contribution in [2.75, 3.05) is 30.4 Å². The van der Waals surface area contributed by atoms with E-state index in [9.17, 15) is 18.0 Å². The number of halogens is 3. The van der Waals surface area contributed by atoms with E-state index in [1.165, 1.54) is 7.05 Å². The van der Waals surface area contributed by atoms with Gasteiger partial charge in [0.25, 0.3) is 0 Å². The highest BCUT2D eigenvalue weighted by molar-refractivity contribution is 5.89. The molecule has 2 aliphatic rings. The Kier molecular flexibility index (Phi) is 5.03. The first-order valence-electron chi connectivity index (χ1n) is 9.27. The normalized spacial score (nSPS) is 21.2. The number of aromatic nitrogens is 2. The summed E-state index contributed by atoms with van der Waals surface area (Å²) in [5.41, 5.74) is -0.0509. The zero-order chi connectivity index (χ0) is 20.6. The van der Waals surface area contributed by atoms with Gasteiger partial charge in [0.2, 0.25) is 0 Å². The smallest absolute Gasteiger partial charge is 0.371 e. The van der Waals surface area contributed by atoms with E-state index in [2.05, 4.69) is 20.6 Å². The third-order valence-electron chi connectivity index (χ3n) is 5.00. The van der Waals surface area contributed by atoms with Gasteiger partial charge in [0.05, 0.1) is 12.2 Å². The SMILES string of the molecule is CNC(=O)Nc1ccc(-c2nc(N3CC4CCC(C3)O4)cc(C(F)(F)F)n2)cc1. The van der Waals surface area contributed by atoms with E-state index in [0.717, 1.165) is 18.9 Å². The summed E-state index contributed by atoms with van der Waals surface area (Å²) in [5, 5.41) is 5.02. The summed E-state index contributed by atoms with van der Waals surface area (Å²) in [6.45, 7) is 1.03. The van der Waals surface area contributed by atoms with Crippen molar-refractivity contribution < 1.29 is 22.7 Å². The molecule has 2 aromatic rings. The number of ether oxygens (including phenoxy) is 1. The second kappa shape index (κ2) is 7.51. The van der Waals surface area contributed by atoms with Gasteiger partial charge in [0, 0.05) is 37.5 Å². The van der Waals surface area contributed by atoms with E-state index in [-0.39, 0.29) is 23.9 Å². The minimum atomic E-state index is -4.58. The lowest BCUT2D eigenvalue weighted by Gasteiger charge is -2.33. The lowest BCUT2D eigenvalue weighted by atomic mass is 10.2. The fourth-order valence-electron chi connectivity index (χ4n) is 3.57. The summed E-state index contributed by atoms with van der Waals surface area (Å²) < 4.78 is 46.1. The van der Waals surface area contributed by atoms with Crippen LogP contribution in [0, 0.1) is 0 Å². The van der Waals surface area contributed by atoms with Crippen molar-refractivity contribution in [3.8, 4) is 11.4 Å². The van der Waals surface area contributed by atoms with Crippen LogP contribution in [0.3, 0.4) is 0 Å². The summed E-state index contributed by atoms with van der Waals surface area (Å²) in [6.07, 6.45) is -2.72. The van der Waals surface area contributed by atoms with E-state index in [4.69, 9.17) is 4.74 Å². The second-order valence-corrected chi connectivity index (χ2v) is 7.08. The summed E-state index contributed by atoms with van der Waals surface area (Å²) in [4.78, 5) is 21.4. The highest BCUT2D eigenvalue weighted by Gasteiger charge is 2.37. The minimum Gasteiger partial charge on any atom is -0.371 e. The van der Waals surface area contributed by atoms with Gasteiger partial charge < -0.3 is 20.3 Å². The quantitative estimate of drug-likeness (QED) is 0.817. The predicted octanol–water partition coefficient (Wildman–Crippen LogP) is 3.28. The van der Waals surface area contributed by atoms with E-state index in [0.29, 0.717) is 24.3 Å². The molecule has 2 bridgehead atoms. The maximum absolute atomic E-state index is 13.5. The molecule has 1 aromatic heterocycles. The van der Waals surface area contributed by atoms with Crippen molar-refractivity contribution in [3.05, 3.63) is 36.0 Å². The third-order valence-corrected chi connectivity index (χ3v) is 5.00. The van der Waals surface area contributed by atoms with Crippen molar-refractivity contribution in [3.63, 3.8) is 0 Å². The number of urea groups is 1. The molecule has 2 saturated heterocycles. The Morgan fingerprint density at radius 1 is 1.14 bits per heavy atom. The number of anilines is 2. The van der Waals surface area contributed by atoms with Crippen molar-refractivity contribution in [2.24, 2.45) is 0 Å². The molecule has 29 heavy (non-hydrogen) atoms. The number of nitrogens with zero attached hydrogens (tertiary/aromatic N) is 3. The first kappa shape index (κ1) is 19.4. The van der Waals surface area contributed by atoms with E-state index in [1.54, 1.807) is 24.3 Å². The third kappa shape index (κ3) is 4.26. The van der Waals surface area contributed by atoms with Crippen LogP contribution in [-0.2, 0) is 10.9 Å². The number of amides is 2. The van der Waals surface area contributed by atoms with Crippen LogP contribution < -0.4 is 15.5 Å². The molecule has 0 radical (unpaired) electrons. The highest BCUT2D eigenvalue weighted by atomic mass is 19.4. The van der Waals surface area contributed by atoms with Crippen LogP contribution in [0.25, 0.3) is 11.4 Å². The summed E-state index contributed by atoms with van der Waals surface area (Å²) >= 11 is 0. The van der Waals surface area contributed by atoms with Gasteiger partial charge in [0.1, 0.15) is 5.82 Å². The van der Waals surface area contributed by atoms with Crippen LogP contribution in [-0.4, -0.2) is 48.3 Å². The zero-order valence-corrected chi connectivity index (χ0v) is 15.7. The van der Waals surface area contributed by atoms with Crippen LogP contribution in [0.5, 0.6) is 0 Å². The van der Waals surface area contributed by atoms with Gasteiger partial charge in [-0.25, -0.2) is 14.8 Å². The molecule has 4 rings (SSSR count). The maximum Gasteiger partial charge on any atom is 0.433 e. The van der Waals surface area contributed by atoms with Gasteiger partial charge in [-0.1, -0.05) is 0 Å². The molecule has 2 aliphatic heterocycles. The van der Waals surface area contributed by atoms with E-state index in [1.807, 2.05) is 4.90 Å². The van der Waals surface area contributed by atoms with Crippen LogP contribution in [0.15, 0.2) is 30.3 Å².